The van der Waals surface area contributed by atoms with E-state index in [9.17, 15) is 4.79 Å². The molecule has 0 aromatic heterocycles. The molecule has 0 saturated carbocycles. The number of rotatable bonds is 5. The number of carbonyl (C=O) groups is 1. The third-order valence-electron chi connectivity index (χ3n) is 2.72. The van der Waals surface area contributed by atoms with Crippen LogP contribution in [0.4, 0.5) is 0 Å². The Bertz CT molecular complexity index is 432. The average Bonchev–Trinajstić information content (AvgIpc) is 2.75. The minimum atomic E-state index is -0.00508. The van der Waals surface area contributed by atoms with Gasteiger partial charge in [0, 0.05) is 12.6 Å². The molecular weight excluding hydrogens is 232 g/mol. The highest BCUT2D eigenvalue weighted by Crippen LogP contribution is 2.32. The third kappa shape index (κ3) is 3.37. The first-order valence-electron chi connectivity index (χ1n) is 6.06. The van der Waals surface area contributed by atoms with Gasteiger partial charge in [-0.25, -0.2) is 0 Å². The van der Waals surface area contributed by atoms with E-state index in [0.717, 1.165) is 17.7 Å². The van der Waals surface area contributed by atoms with Gasteiger partial charge >= 0.3 is 0 Å². The number of benzene rings is 1. The van der Waals surface area contributed by atoms with Gasteiger partial charge < -0.3 is 20.5 Å². The van der Waals surface area contributed by atoms with E-state index in [1.165, 1.54) is 0 Å². The molecule has 0 bridgehead atoms. The Balaban J connectivity index is 1.84. The van der Waals surface area contributed by atoms with Crippen molar-refractivity contribution in [1.29, 1.82) is 0 Å². The van der Waals surface area contributed by atoms with E-state index in [1.807, 2.05) is 25.1 Å². The summed E-state index contributed by atoms with van der Waals surface area (Å²) >= 11 is 0. The molecule has 0 saturated heterocycles. The summed E-state index contributed by atoms with van der Waals surface area (Å²) in [5.74, 6) is 1.43. The van der Waals surface area contributed by atoms with Gasteiger partial charge in [0.05, 0.1) is 6.42 Å². The lowest BCUT2D eigenvalue weighted by Crippen LogP contribution is -2.29. The van der Waals surface area contributed by atoms with Gasteiger partial charge in [0.2, 0.25) is 12.7 Å². The van der Waals surface area contributed by atoms with Crippen molar-refractivity contribution in [3.8, 4) is 11.5 Å². The summed E-state index contributed by atoms with van der Waals surface area (Å²) in [6, 6.07) is 5.65. The molecular formula is C13H18N2O3. The van der Waals surface area contributed by atoms with Gasteiger partial charge in [0.1, 0.15) is 0 Å². The molecule has 0 fully saturated rings. The first kappa shape index (κ1) is 12.7. The molecule has 1 aliphatic heterocycles. The van der Waals surface area contributed by atoms with E-state index in [4.69, 9.17) is 15.2 Å². The van der Waals surface area contributed by atoms with Crippen LogP contribution in [-0.2, 0) is 11.2 Å². The molecule has 1 atom stereocenters. The minimum Gasteiger partial charge on any atom is -0.454 e. The van der Waals surface area contributed by atoms with E-state index in [1.54, 1.807) is 0 Å². The highest BCUT2D eigenvalue weighted by atomic mass is 16.7. The molecule has 1 unspecified atom stereocenters. The van der Waals surface area contributed by atoms with Crippen molar-refractivity contribution in [3.63, 3.8) is 0 Å². The second-order valence-corrected chi connectivity index (χ2v) is 4.48. The van der Waals surface area contributed by atoms with Crippen LogP contribution in [0.15, 0.2) is 18.2 Å². The normalized spacial score (nSPS) is 14.3. The number of fused-ring (bicyclic) bond motifs is 1. The first-order chi connectivity index (χ1) is 8.65. The third-order valence-corrected chi connectivity index (χ3v) is 2.72. The summed E-state index contributed by atoms with van der Waals surface area (Å²) < 4.78 is 10.5. The lowest BCUT2D eigenvalue weighted by molar-refractivity contribution is -0.120. The van der Waals surface area contributed by atoms with E-state index >= 15 is 0 Å². The Kier molecular flexibility index (Phi) is 4.04. The van der Waals surface area contributed by atoms with Gasteiger partial charge in [0.25, 0.3) is 0 Å². The maximum Gasteiger partial charge on any atom is 0.231 e. The molecule has 1 amide bonds. The fraction of sp³-hybridized carbons (Fsp3) is 0.462. The Hall–Kier alpha value is -1.75. The van der Waals surface area contributed by atoms with Crippen molar-refractivity contribution in [2.75, 3.05) is 13.3 Å². The molecule has 0 spiro atoms. The molecule has 3 N–H and O–H groups in total. The topological polar surface area (TPSA) is 73.6 Å². The monoisotopic (exact) mass is 250 g/mol. The number of hydrogen-bond donors (Lipinski definition) is 2. The van der Waals surface area contributed by atoms with Crippen LogP contribution in [0.1, 0.15) is 18.9 Å². The molecule has 5 nitrogen and oxygen atoms in total. The van der Waals surface area contributed by atoms with Gasteiger partial charge in [-0.05, 0) is 31.0 Å². The van der Waals surface area contributed by atoms with Crippen LogP contribution < -0.4 is 20.5 Å². The van der Waals surface area contributed by atoms with Crippen LogP contribution in [-0.4, -0.2) is 25.3 Å². The Morgan fingerprint density at radius 1 is 1.44 bits per heavy atom. The Morgan fingerprint density at radius 2 is 2.22 bits per heavy atom. The van der Waals surface area contributed by atoms with Crippen molar-refractivity contribution in [2.24, 2.45) is 5.73 Å². The SMILES string of the molecule is CC(N)CCNC(=O)Cc1ccc2c(c1)OCO2. The van der Waals surface area contributed by atoms with Gasteiger partial charge in [0.15, 0.2) is 11.5 Å². The van der Waals surface area contributed by atoms with Gasteiger partial charge in [-0.15, -0.1) is 0 Å². The van der Waals surface area contributed by atoms with Crippen molar-refractivity contribution in [2.45, 2.75) is 25.8 Å². The minimum absolute atomic E-state index is 0.00508. The zero-order valence-corrected chi connectivity index (χ0v) is 10.4. The summed E-state index contributed by atoms with van der Waals surface area (Å²) in [6.45, 7) is 2.78. The predicted octanol–water partition coefficient (Wildman–Crippen LogP) is 0.811. The van der Waals surface area contributed by atoms with E-state index < -0.39 is 0 Å². The smallest absolute Gasteiger partial charge is 0.231 e. The van der Waals surface area contributed by atoms with Gasteiger partial charge in [-0.2, -0.15) is 0 Å². The summed E-state index contributed by atoms with van der Waals surface area (Å²) in [4.78, 5) is 11.7. The number of ether oxygens (including phenoxy) is 2. The molecule has 0 aliphatic carbocycles. The quantitative estimate of drug-likeness (QED) is 0.811. The second kappa shape index (κ2) is 5.73. The van der Waals surface area contributed by atoms with Crippen LogP contribution >= 0.6 is 0 Å². The zero-order valence-electron chi connectivity index (χ0n) is 10.4. The van der Waals surface area contributed by atoms with Crippen molar-refractivity contribution in [3.05, 3.63) is 23.8 Å². The standard InChI is InChI=1S/C13H18N2O3/c1-9(14)4-5-15-13(16)7-10-2-3-11-12(6-10)18-8-17-11/h2-3,6,9H,4-5,7-8,14H2,1H3,(H,15,16). The number of nitrogens with one attached hydrogen (secondary N) is 1. The fourth-order valence-corrected chi connectivity index (χ4v) is 1.74. The largest absolute Gasteiger partial charge is 0.454 e. The maximum atomic E-state index is 11.7. The Labute approximate surface area is 106 Å². The molecule has 98 valence electrons. The lowest BCUT2D eigenvalue weighted by atomic mass is 10.1. The zero-order chi connectivity index (χ0) is 13.0. The number of carbonyl (C=O) groups excluding carboxylic acids is 1. The lowest BCUT2D eigenvalue weighted by Gasteiger charge is -2.07. The highest BCUT2D eigenvalue weighted by Gasteiger charge is 2.14. The van der Waals surface area contributed by atoms with Crippen LogP contribution in [0.5, 0.6) is 11.5 Å². The molecule has 0 radical (unpaired) electrons. The van der Waals surface area contributed by atoms with Crippen molar-refractivity contribution < 1.29 is 14.3 Å². The van der Waals surface area contributed by atoms with E-state index in [2.05, 4.69) is 5.32 Å². The molecule has 2 rings (SSSR count). The summed E-state index contributed by atoms with van der Waals surface area (Å²) in [6.07, 6.45) is 1.13. The summed E-state index contributed by atoms with van der Waals surface area (Å²) in [5.41, 5.74) is 6.53. The van der Waals surface area contributed by atoms with Crippen molar-refractivity contribution >= 4 is 5.91 Å². The summed E-state index contributed by atoms with van der Waals surface area (Å²) in [5, 5.41) is 2.84. The molecule has 5 heteroatoms. The first-order valence-corrected chi connectivity index (χ1v) is 6.06. The predicted molar refractivity (Wildman–Crippen MR) is 67.5 cm³/mol. The molecule has 1 aromatic rings. The maximum absolute atomic E-state index is 11.7. The number of nitrogens with two attached hydrogens (primary N) is 1. The molecule has 1 heterocycles. The van der Waals surface area contributed by atoms with Gasteiger partial charge in [-0.3, -0.25) is 4.79 Å². The summed E-state index contributed by atoms with van der Waals surface area (Å²) in [7, 11) is 0. The molecule has 1 aromatic carbocycles. The van der Waals surface area contributed by atoms with Gasteiger partial charge in [-0.1, -0.05) is 6.07 Å². The van der Waals surface area contributed by atoms with E-state index in [0.29, 0.717) is 18.7 Å². The number of hydrogen-bond acceptors (Lipinski definition) is 4. The van der Waals surface area contributed by atoms with E-state index in [-0.39, 0.29) is 18.7 Å². The highest BCUT2D eigenvalue weighted by molar-refractivity contribution is 5.78. The van der Waals surface area contributed by atoms with Crippen LogP contribution in [0.3, 0.4) is 0 Å². The average molecular weight is 250 g/mol. The number of amides is 1. The van der Waals surface area contributed by atoms with Crippen molar-refractivity contribution in [1.82, 2.24) is 5.32 Å². The van der Waals surface area contributed by atoms with Crippen LogP contribution in [0.2, 0.25) is 0 Å². The van der Waals surface area contributed by atoms with Crippen LogP contribution in [0.25, 0.3) is 0 Å². The molecule has 1 aliphatic rings. The second-order valence-electron chi connectivity index (χ2n) is 4.48. The fourth-order valence-electron chi connectivity index (χ4n) is 1.74. The molecule has 18 heavy (non-hydrogen) atoms. The van der Waals surface area contributed by atoms with Crippen LogP contribution in [0, 0.1) is 0 Å². The Morgan fingerprint density at radius 3 is 3.00 bits per heavy atom.